The summed E-state index contributed by atoms with van der Waals surface area (Å²) in [6, 6.07) is 8.07. The molecular formula is C19H26N2O3. The van der Waals surface area contributed by atoms with Crippen molar-refractivity contribution in [3.63, 3.8) is 0 Å². The quantitative estimate of drug-likeness (QED) is 0.835. The average molecular weight is 330 g/mol. The summed E-state index contributed by atoms with van der Waals surface area (Å²) in [7, 11) is 0. The van der Waals surface area contributed by atoms with E-state index >= 15 is 0 Å². The summed E-state index contributed by atoms with van der Waals surface area (Å²) in [6.07, 6.45) is 2.92. The van der Waals surface area contributed by atoms with Gasteiger partial charge in [-0.2, -0.15) is 0 Å². The molecule has 2 heterocycles. The van der Waals surface area contributed by atoms with Crippen molar-refractivity contribution in [3.05, 3.63) is 29.8 Å². The maximum Gasteiger partial charge on any atom is 0.410 e. The Bertz CT molecular complexity index is 636. The van der Waals surface area contributed by atoms with Gasteiger partial charge in [0.2, 0.25) is 5.91 Å². The Labute approximate surface area is 143 Å². The second-order valence-corrected chi connectivity index (χ2v) is 7.60. The van der Waals surface area contributed by atoms with Gasteiger partial charge in [-0.3, -0.25) is 4.79 Å². The number of hydrogen-bond acceptors (Lipinski definition) is 3. The molecule has 0 radical (unpaired) electrons. The number of benzene rings is 1. The van der Waals surface area contributed by atoms with Crippen molar-refractivity contribution >= 4 is 17.7 Å². The number of amides is 2. The van der Waals surface area contributed by atoms with Gasteiger partial charge >= 0.3 is 6.09 Å². The number of fused-ring (bicyclic) bond motifs is 1. The van der Waals surface area contributed by atoms with E-state index in [1.807, 2.05) is 43.9 Å². The van der Waals surface area contributed by atoms with Crippen molar-refractivity contribution in [2.75, 3.05) is 18.0 Å². The third kappa shape index (κ3) is 3.55. The molecule has 5 heteroatoms. The van der Waals surface area contributed by atoms with Crippen LogP contribution < -0.4 is 4.90 Å². The zero-order valence-electron chi connectivity index (χ0n) is 14.7. The van der Waals surface area contributed by atoms with Crippen molar-refractivity contribution in [3.8, 4) is 0 Å². The number of hydrogen-bond donors (Lipinski definition) is 0. The molecule has 0 aromatic heterocycles. The van der Waals surface area contributed by atoms with E-state index in [-0.39, 0.29) is 18.0 Å². The fraction of sp³-hybridized carbons (Fsp3) is 0.579. The number of likely N-dealkylation sites (tertiary alicyclic amines) is 1. The Kier molecular flexibility index (Phi) is 4.52. The lowest BCUT2D eigenvalue weighted by Crippen LogP contribution is -2.48. The molecule has 2 aliphatic rings. The summed E-state index contributed by atoms with van der Waals surface area (Å²) in [5.41, 5.74) is 1.70. The van der Waals surface area contributed by atoms with Gasteiger partial charge in [0, 0.05) is 25.2 Å². The highest BCUT2D eigenvalue weighted by atomic mass is 16.6. The second-order valence-electron chi connectivity index (χ2n) is 7.60. The van der Waals surface area contributed by atoms with Crippen LogP contribution >= 0.6 is 0 Å². The van der Waals surface area contributed by atoms with Crippen molar-refractivity contribution in [2.45, 2.75) is 58.1 Å². The number of carbonyl (C=O) groups excluding carboxylic acids is 2. The lowest BCUT2D eigenvalue weighted by Gasteiger charge is -2.35. The van der Waals surface area contributed by atoms with E-state index in [4.69, 9.17) is 4.74 Å². The summed E-state index contributed by atoms with van der Waals surface area (Å²) in [5.74, 6) is 0.143. The van der Waals surface area contributed by atoms with E-state index in [0.29, 0.717) is 19.5 Å². The molecule has 0 aliphatic carbocycles. The van der Waals surface area contributed by atoms with E-state index in [1.165, 1.54) is 5.56 Å². The summed E-state index contributed by atoms with van der Waals surface area (Å²) in [6.45, 7) is 6.87. The monoisotopic (exact) mass is 330 g/mol. The lowest BCUT2D eigenvalue weighted by molar-refractivity contribution is -0.119. The van der Waals surface area contributed by atoms with Gasteiger partial charge in [-0.1, -0.05) is 18.2 Å². The first kappa shape index (κ1) is 16.8. The van der Waals surface area contributed by atoms with Crippen LogP contribution in [0.25, 0.3) is 0 Å². The van der Waals surface area contributed by atoms with Crippen LogP contribution in [-0.2, 0) is 16.0 Å². The minimum atomic E-state index is -0.502. The molecule has 0 saturated carbocycles. The molecule has 2 aliphatic heterocycles. The fourth-order valence-electron chi connectivity index (χ4n) is 3.49. The van der Waals surface area contributed by atoms with Crippen LogP contribution in [0.2, 0.25) is 0 Å². The molecule has 5 nitrogen and oxygen atoms in total. The zero-order valence-corrected chi connectivity index (χ0v) is 14.7. The van der Waals surface area contributed by atoms with Gasteiger partial charge in [-0.25, -0.2) is 4.79 Å². The highest BCUT2D eigenvalue weighted by molar-refractivity contribution is 5.96. The summed E-state index contributed by atoms with van der Waals surface area (Å²) in [5, 5.41) is 0. The van der Waals surface area contributed by atoms with Gasteiger partial charge in [0.15, 0.2) is 0 Å². The predicted molar refractivity (Wildman–Crippen MR) is 93.1 cm³/mol. The van der Waals surface area contributed by atoms with E-state index in [9.17, 15) is 9.59 Å². The van der Waals surface area contributed by atoms with Gasteiger partial charge in [0.25, 0.3) is 0 Å². The topological polar surface area (TPSA) is 49.9 Å². The third-order valence-electron chi connectivity index (χ3n) is 4.59. The Morgan fingerprint density at radius 1 is 1.25 bits per heavy atom. The van der Waals surface area contributed by atoms with Crippen molar-refractivity contribution in [2.24, 2.45) is 0 Å². The van der Waals surface area contributed by atoms with Crippen molar-refractivity contribution in [1.82, 2.24) is 4.90 Å². The molecule has 1 aromatic rings. The average Bonchev–Trinajstić information content (AvgIpc) is 2.97. The lowest BCUT2D eigenvalue weighted by atomic mass is 10.0. The molecule has 130 valence electrons. The van der Waals surface area contributed by atoms with Gasteiger partial charge < -0.3 is 14.5 Å². The van der Waals surface area contributed by atoms with E-state index < -0.39 is 5.60 Å². The maximum absolute atomic E-state index is 12.4. The number of aryl methyl sites for hydroxylation is 1. The highest BCUT2D eigenvalue weighted by Crippen LogP contribution is 2.30. The first-order valence-electron chi connectivity index (χ1n) is 8.73. The highest BCUT2D eigenvalue weighted by Gasteiger charge is 2.35. The number of nitrogens with zero attached hydrogens (tertiary/aromatic N) is 2. The smallest absolute Gasteiger partial charge is 0.410 e. The van der Waals surface area contributed by atoms with Gasteiger partial charge in [-0.15, -0.1) is 0 Å². The summed E-state index contributed by atoms with van der Waals surface area (Å²) >= 11 is 0. The van der Waals surface area contributed by atoms with Crippen LogP contribution in [0.5, 0.6) is 0 Å². The molecule has 1 aromatic carbocycles. The molecule has 2 amide bonds. The van der Waals surface area contributed by atoms with Crippen molar-refractivity contribution < 1.29 is 14.3 Å². The Balaban J connectivity index is 1.75. The van der Waals surface area contributed by atoms with E-state index in [1.54, 1.807) is 4.90 Å². The summed E-state index contributed by atoms with van der Waals surface area (Å²) < 4.78 is 5.52. The maximum atomic E-state index is 12.4. The molecule has 0 bridgehead atoms. The molecule has 0 N–H and O–H groups in total. The fourth-order valence-corrected chi connectivity index (χ4v) is 3.49. The number of rotatable bonds is 2. The molecule has 1 saturated heterocycles. The van der Waals surface area contributed by atoms with Crippen LogP contribution in [0.3, 0.4) is 0 Å². The van der Waals surface area contributed by atoms with Crippen molar-refractivity contribution in [1.29, 1.82) is 0 Å². The third-order valence-corrected chi connectivity index (χ3v) is 4.59. The SMILES string of the molecule is CC(C)(C)OC(=O)N1CCCC1CN1C(=O)CCc2ccccc21. The Morgan fingerprint density at radius 3 is 2.75 bits per heavy atom. The van der Waals surface area contributed by atoms with Gasteiger partial charge in [0.05, 0.1) is 6.04 Å². The molecular weight excluding hydrogens is 304 g/mol. The second kappa shape index (κ2) is 6.46. The van der Waals surface area contributed by atoms with Gasteiger partial charge in [-0.05, 0) is 51.7 Å². The number of ether oxygens (including phenoxy) is 1. The predicted octanol–water partition coefficient (Wildman–Crippen LogP) is 3.37. The van der Waals surface area contributed by atoms with Crippen LogP contribution in [-0.4, -0.2) is 41.6 Å². The Morgan fingerprint density at radius 2 is 2.00 bits per heavy atom. The zero-order chi connectivity index (χ0) is 17.3. The minimum Gasteiger partial charge on any atom is -0.444 e. The first-order chi connectivity index (χ1) is 11.3. The van der Waals surface area contributed by atoms with E-state index in [0.717, 1.165) is 24.9 Å². The largest absolute Gasteiger partial charge is 0.444 e. The van der Waals surface area contributed by atoms with Crippen LogP contribution in [0.15, 0.2) is 24.3 Å². The number of anilines is 1. The molecule has 0 spiro atoms. The number of carbonyl (C=O) groups is 2. The molecule has 1 fully saturated rings. The Hall–Kier alpha value is -2.04. The minimum absolute atomic E-state index is 0.0231. The molecule has 3 rings (SSSR count). The van der Waals surface area contributed by atoms with Crippen LogP contribution in [0.4, 0.5) is 10.5 Å². The van der Waals surface area contributed by atoms with E-state index in [2.05, 4.69) is 6.07 Å². The molecule has 24 heavy (non-hydrogen) atoms. The molecule has 1 atom stereocenters. The number of para-hydroxylation sites is 1. The van der Waals surface area contributed by atoms with Crippen LogP contribution in [0, 0.1) is 0 Å². The molecule has 1 unspecified atom stereocenters. The van der Waals surface area contributed by atoms with Crippen LogP contribution in [0.1, 0.15) is 45.6 Å². The standard InChI is InChI=1S/C19H26N2O3/c1-19(2,3)24-18(23)20-12-6-8-15(20)13-21-16-9-5-4-7-14(16)10-11-17(21)22/h4-5,7,9,15H,6,8,10-13H2,1-3H3. The first-order valence-corrected chi connectivity index (χ1v) is 8.73. The normalized spacial score (nSPS) is 21.0. The van der Waals surface area contributed by atoms with Gasteiger partial charge in [0.1, 0.15) is 5.60 Å². The summed E-state index contributed by atoms with van der Waals surface area (Å²) in [4.78, 5) is 28.5.